The van der Waals surface area contributed by atoms with Crippen molar-refractivity contribution in [1.29, 1.82) is 5.26 Å². The van der Waals surface area contributed by atoms with Crippen LogP contribution in [0.4, 0.5) is 0 Å². The number of ether oxygens (including phenoxy) is 2. The quantitative estimate of drug-likeness (QED) is 0.212. The van der Waals surface area contributed by atoms with E-state index in [9.17, 15) is 9.90 Å². The van der Waals surface area contributed by atoms with Gasteiger partial charge in [-0.25, -0.2) is 4.79 Å². The molecule has 36 heavy (non-hydrogen) atoms. The zero-order valence-electron chi connectivity index (χ0n) is 19.3. The van der Waals surface area contributed by atoms with Gasteiger partial charge in [0.25, 0.3) is 0 Å². The summed E-state index contributed by atoms with van der Waals surface area (Å²) < 4.78 is 13.6. The van der Waals surface area contributed by atoms with Crippen LogP contribution in [0.25, 0.3) is 27.8 Å². The highest BCUT2D eigenvalue weighted by molar-refractivity contribution is 5.91. The molecule has 1 heterocycles. The van der Waals surface area contributed by atoms with Crippen LogP contribution < -0.4 is 9.47 Å². The van der Waals surface area contributed by atoms with Gasteiger partial charge in [0.15, 0.2) is 0 Å². The number of nitriles is 1. The number of fused-ring (bicyclic) bond motifs is 2. The molecule has 0 aliphatic heterocycles. The monoisotopic (exact) mass is 474 g/mol. The van der Waals surface area contributed by atoms with Gasteiger partial charge in [0.2, 0.25) is 5.76 Å². The number of hydrogen-bond acceptors (Lipinski definition) is 4. The lowest BCUT2D eigenvalue weighted by molar-refractivity contribution is -0.134. The summed E-state index contributed by atoms with van der Waals surface area (Å²) in [5, 5.41) is 21.7. The molecule has 0 aliphatic carbocycles. The van der Waals surface area contributed by atoms with Gasteiger partial charge in [0.1, 0.15) is 18.1 Å². The molecule has 5 aromatic rings. The number of carbonyl (C=O) groups is 1. The summed E-state index contributed by atoms with van der Waals surface area (Å²) in [5.74, 6) is -0.172. The van der Waals surface area contributed by atoms with Crippen LogP contribution in [-0.4, -0.2) is 22.2 Å². The van der Waals surface area contributed by atoms with Gasteiger partial charge in [-0.3, -0.25) is 0 Å². The van der Waals surface area contributed by atoms with Gasteiger partial charge in [-0.1, -0.05) is 42.5 Å². The Morgan fingerprint density at radius 2 is 1.67 bits per heavy atom. The molecular weight excluding hydrogens is 452 g/mol. The zero-order valence-corrected chi connectivity index (χ0v) is 19.3. The van der Waals surface area contributed by atoms with E-state index in [0.717, 1.165) is 21.7 Å². The number of rotatable bonds is 8. The normalized spacial score (nSPS) is 11.4. The van der Waals surface area contributed by atoms with Gasteiger partial charge in [0.05, 0.1) is 18.2 Å². The molecule has 0 amide bonds. The molecule has 0 fully saturated rings. The number of carboxylic acid groups (broad SMARTS) is 1. The summed E-state index contributed by atoms with van der Waals surface area (Å²) in [6, 6.07) is 30.2. The maximum absolute atomic E-state index is 11.8. The number of carboxylic acids is 1. The maximum atomic E-state index is 11.8. The van der Waals surface area contributed by atoms with Crippen LogP contribution in [0.2, 0.25) is 0 Å². The highest BCUT2D eigenvalue weighted by Gasteiger charge is 2.11. The van der Waals surface area contributed by atoms with Crippen molar-refractivity contribution in [2.45, 2.75) is 6.54 Å². The van der Waals surface area contributed by atoms with Crippen LogP contribution in [-0.2, 0) is 11.3 Å². The lowest BCUT2D eigenvalue weighted by Crippen LogP contribution is -2.08. The third kappa shape index (κ3) is 5.06. The van der Waals surface area contributed by atoms with Gasteiger partial charge >= 0.3 is 5.97 Å². The number of nitrogens with zero attached hydrogens (tertiary/aromatic N) is 2. The van der Waals surface area contributed by atoms with E-state index < -0.39 is 5.97 Å². The Kier molecular flexibility index (Phi) is 6.37. The Labute approximate surface area is 207 Å². The van der Waals surface area contributed by atoms with Crippen molar-refractivity contribution in [2.75, 3.05) is 6.61 Å². The summed E-state index contributed by atoms with van der Waals surface area (Å²) in [6.07, 6.45) is 3.47. The first kappa shape index (κ1) is 22.8. The minimum absolute atomic E-state index is 0.169. The molecule has 0 saturated carbocycles. The van der Waals surface area contributed by atoms with E-state index in [-0.39, 0.29) is 5.76 Å². The van der Waals surface area contributed by atoms with Crippen molar-refractivity contribution >= 4 is 33.7 Å². The van der Waals surface area contributed by atoms with E-state index >= 15 is 0 Å². The van der Waals surface area contributed by atoms with E-state index in [4.69, 9.17) is 14.7 Å². The molecule has 4 aromatic carbocycles. The molecule has 0 atom stereocenters. The molecule has 1 aromatic heterocycles. The molecule has 1 N–H and O–H groups in total. The minimum Gasteiger partial charge on any atom is -0.492 e. The first-order chi connectivity index (χ1) is 17.6. The molecule has 0 saturated heterocycles. The van der Waals surface area contributed by atoms with Crippen LogP contribution in [0.3, 0.4) is 0 Å². The highest BCUT2D eigenvalue weighted by atomic mass is 16.5. The molecule has 6 nitrogen and oxygen atoms in total. The molecule has 6 heteroatoms. The fourth-order valence-electron chi connectivity index (χ4n) is 4.03. The maximum Gasteiger partial charge on any atom is 0.371 e. The smallest absolute Gasteiger partial charge is 0.371 e. The van der Waals surface area contributed by atoms with Gasteiger partial charge in [-0.2, -0.15) is 5.26 Å². The lowest BCUT2D eigenvalue weighted by atomic mass is 10.1. The largest absolute Gasteiger partial charge is 0.492 e. The topological polar surface area (TPSA) is 84.5 Å². The third-order valence-electron chi connectivity index (χ3n) is 5.84. The number of aromatic nitrogens is 1. The minimum atomic E-state index is -1.15. The van der Waals surface area contributed by atoms with Gasteiger partial charge in [0, 0.05) is 17.1 Å². The SMILES string of the molecule is N#Cc1ccc2c(ccn2CCOc2ccc(/C=C(\Oc3ccc4ccccc4c3)C(=O)O)cc2)c1. The van der Waals surface area contributed by atoms with Gasteiger partial charge in [-0.05, 0) is 70.9 Å². The van der Waals surface area contributed by atoms with Crippen LogP contribution in [0.1, 0.15) is 11.1 Å². The predicted octanol–water partition coefficient (Wildman–Crippen LogP) is 6.25. The van der Waals surface area contributed by atoms with Gasteiger partial charge < -0.3 is 19.1 Å². The lowest BCUT2D eigenvalue weighted by Gasteiger charge is -2.10. The summed E-state index contributed by atoms with van der Waals surface area (Å²) >= 11 is 0. The zero-order chi connectivity index (χ0) is 24.9. The van der Waals surface area contributed by atoms with E-state index in [1.165, 1.54) is 6.08 Å². The van der Waals surface area contributed by atoms with E-state index in [2.05, 4.69) is 10.6 Å². The van der Waals surface area contributed by atoms with Crippen molar-refractivity contribution in [3.05, 3.63) is 114 Å². The number of aliphatic carboxylic acids is 1. The second-order valence-electron chi connectivity index (χ2n) is 8.24. The molecule has 0 bridgehead atoms. The Balaban J connectivity index is 1.23. The Morgan fingerprint density at radius 3 is 2.44 bits per heavy atom. The van der Waals surface area contributed by atoms with Crippen molar-refractivity contribution in [3.8, 4) is 17.6 Å². The molecule has 0 radical (unpaired) electrons. The predicted molar refractivity (Wildman–Crippen MR) is 139 cm³/mol. The molecule has 176 valence electrons. The Bertz CT molecular complexity index is 1620. The molecule has 0 unspecified atom stereocenters. The molecule has 0 aliphatic rings. The molecular formula is C30H22N2O4. The summed E-state index contributed by atoms with van der Waals surface area (Å²) in [7, 11) is 0. The summed E-state index contributed by atoms with van der Waals surface area (Å²) in [5.41, 5.74) is 2.37. The fourth-order valence-corrected chi connectivity index (χ4v) is 4.03. The second-order valence-corrected chi connectivity index (χ2v) is 8.24. The summed E-state index contributed by atoms with van der Waals surface area (Å²) in [4.78, 5) is 11.8. The third-order valence-corrected chi connectivity index (χ3v) is 5.84. The number of hydrogen-bond donors (Lipinski definition) is 1. The first-order valence-corrected chi connectivity index (χ1v) is 11.4. The average Bonchev–Trinajstić information content (AvgIpc) is 3.31. The fraction of sp³-hybridized carbons (Fsp3) is 0.0667. The van der Waals surface area contributed by atoms with Crippen molar-refractivity contribution in [1.82, 2.24) is 4.57 Å². The van der Waals surface area contributed by atoms with E-state index in [1.807, 2.05) is 60.8 Å². The standard InChI is InChI=1S/C30H22N2O4/c31-20-22-7-12-28-25(17-22)13-14-32(28)15-16-35-26-9-5-21(6-10-26)18-29(30(33)34)36-27-11-8-23-3-1-2-4-24(23)19-27/h1-14,17-19H,15-16H2,(H,33,34)/b29-18-. The van der Waals surface area contributed by atoms with Crippen LogP contribution >= 0.6 is 0 Å². The van der Waals surface area contributed by atoms with Crippen molar-refractivity contribution < 1.29 is 19.4 Å². The number of benzene rings is 4. The Morgan fingerprint density at radius 1 is 0.889 bits per heavy atom. The molecule has 5 rings (SSSR count). The van der Waals surface area contributed by atoms with E-state index in [1.54, 1.807) is 36.4 Å². The first-order valence-electron chi connectivity index (χ1n) is 11.4. The highest BCUT2D eigenvalue weighted by Crippen LogP contribution is 2.24. The van der Waals surface area contributed by atoms with Crippen LogP contribution in [0.5, 0.6) is 11.5 Å². The average molecular weight is 475 g/mol. The summed E-state index contributed by atoms with van der Waals surface area (Å²) in [6.45, 7) is 1.12. The van der Waals surface area contributed by atoms with E-state index in [0.29, 0.717) is 35.8 Å². The van der Waals surface area contributed by atoms with Crippen LogP contribution in [0, 0.1) is 11.3 Å². The van der Waals surface area contributed by atoms with Crippen molar-refractivity contribution in [3.63, 3.8) is 0 Å². The molecule has 0 spiro atoms. The van der Waals surface area contributed by atoms with Crippen molar-refractivity contribution in [2.24, 2.45) is 0 Å². The Hall–Kier alpha value is -5.02. The van der Waals surface area contributed by atoms with Gasteiger partial charge in [-0.15, -0.1) is 0 Å². The van der Waals surface area contributed by atoms with Crippen LogP contribution in [0.15, 0.2) is 103 Å². The second kappa shape index (κ2) is 10.1.